The van der Waals surface area contributed by atoms with Crippen LogP contribution in [0.2, 0.25) is 0 Å². The average Bonchev–Trinajstić information content (AvgIpc) is 3.20. The minimum Gasteiger partial charge on any atom is -0.330 e. The van der Waals surface area contributed by atoms with Gasteiger partial charge in [0.2, 0.25) is 0 Å². The van der Waals surface area contributed by atoms with Gasteiger partial charge in [-0.15, -0.1) is 0 Å². The highest BCUT2D eigenvalue weighted by Gasteiger charge is 2.35. The van der Waals surface area contributed by atoms with E-state index in [2.05, 4.69) is 22.3 Å². The first-order chi connectivity index (χ1) is 10.6. The maximum absolute atomic E-state index is 12.9. The summed E-state index contributed by atoms with van der Waals surface area (Å²) in [7, 11) is 0. The molecule has 0 spiro atoms. The van der Waals surface area contributed by atoms with Crippen LogP contribution in [-0.2, 0) is 6.54 Å². The molecule has 7 nitrogen and oxygen atoms in total. The van der Waals surface area contributed by atoms with Crippen LogP contribution in [0.5, 0.6) is 0 Å². The molecule has 1 aliphatic heterocycles. The Kier molecular flexibility index (Phi) is 3.96. The Balaban J connectivity index is 1.86. The molecule has 1 atom stereocenters. The van der Waals surface area contributed by atoms with E-state index in [9.17, 15) is 4.79 Å². The largest absolute Gasteiger partial charge is 0.330 e. The molecule has 3 heterocycles. The van der Waals surface area contributed by atoms with Crippen molar-refractivity contribution in [3.05, 3.63) is 28.8 Å². The third-order valence-electron chi connectivity index (χ3n) is 4.29. The van der Waals surface area contributed by atoms with Crippen LogP contribution < -0.4 is 0 Å². The van der Waals surface area contributed by atoms with E-state index >= 15 is 0 Å². The summed E-state index contributed by atoms with van der Waals surface area (Å²) in [6.45, 7) is 7.46. The highest BCUT2D eigenvalue weighted by Crippen LogP contribution is 2.33. The number of carbonyl (C=O) groups excluding carboxylic acids is 1. The highest BCUT2D eigenvalue weighted by atomic mass is 16.6. The van der Waals surface area contributed by atoms with Crippen molar-refractivity contribution in [2.45, 2.75) is 52.6 Å². The van der Waals surface area contributed by atoms with E-state index in [0.29, 0.717) is 5.56 Å². The number of rotatable bonds is 4. The highest BCUT2D eigenvalue weighted by molar-refractivity contribution is 5.95. The van der Waals surface area contributed by atoms with E-state index in [1.807, 2.05) is 23.4 Å². The van der Waals surface area contributed by atoms with E-state index in [4.69, 9.17) is 4.63 Å². The minimum atomic E-state index is -0.0484. The molecule has 0 radical (unpaired) electrons. The molecule has 0 aromatic carbocycles. The van der Waals surface area contributed by atoms with Crippen LogP contribution in [0, 0.1) is 13.8 Å². The van der Waals surface area contributed by atoms with E-state index in [-0.39, 0.29) is 11.9 Å². The molecular formula is C15H21N5O2. The predicted octanol–water partition coefficient (Wildman–Crippen LogP) is 2.27. The monoisotopic (exact) mass is 303 g/mol. The summed E-state index contributed by atoms with van der Waals surface area (Å²) < 4.78 is 6.69. The molecule has 0 N–H and O–H groups in total. The molecule has 0 bridgehead atoms. The Morgan fingerprint density at radius 2 is 2.23 bits per heavy atom. The van der Waals surface area contributed by atoms with Crippen LogP contribution >= 0.6 is 0 Å². The summed E-state index contributed by atoms with van der Waals surface area (Å²) in [5.41, 5.74) is 3.12. The van der Waals surface area contributed by atoms with Gasteiger partial charge in [-0.05, 0) is 33.1 Å². The zero-order chi connectivity index (χ0) is 15.7. The van der Waals surface area contributed by atoms with Crippen molar-refractivity contribution in [2.24, 2.45) is 0 Å². The Bertz CT molecular complexity index is 675. The molecule has 1 fully saturated rings. The van der Waals surface area contributed by atoms with E-state index in [1.54, 1.807) is 6.20 Å². The lowest BCUT2D eigenvalue weighted by Crippen LogP contribution is -2.31. The van der Waals surface area contributed by atoms with E-state index in [1.165, 1.54) is 0 Å². The normalized spacial score (nSPS) is 18.1. The quantitative estimate of drug-likeness (QED) is 0.866. The average molecular weight is 303 g/mol. The third-order valence-corrected chi connectivity index (χ3v) is 4.29. The van der Waals surface area contributed by atoms with Crippen molar-refractivity contribution in [1.82, 2.24) is 25.0 Å². The summed E-state index contributed by atoms with van der Waals surface area (Å²) in [6.07, 6.45) is 4.52. The molecule has 1 saturated heterocycles. The minimum absolute atomic E-state index is 0.0183. The number of aryl methyl sites for hydroxylation is 2. The third kappa shape index (κ3) is 2.40. The number of carbonyl (C=O) groups is 1. The smallest absolute Gasteiger partial charge is 0.257 e. The molecule has 2 aromatic rings. The van der Waals surface area contributed by atoms with Crippen LogP contribution in [0.3, 0.4) is 0 Å². The number of amides is 1. The van der Waals surface area contributed by atoms with Gasteiger partial charge in [0.15, 0.2) is 0 Å². The molecular weight excluding hydrogens is 282 g/mol. The summed E-state index contributed by atoms with van der Waals surface area (Å²) in [5.74, 6) is 0.0183. The van der Waals surface area contributed by atoms with Gasteiger partial charge in [-0.3, -0.25) is 9.48 Å². The number of hydrogen-bond acceptors (Lipinski definition) is 5. The topological polar surface area (TPSA) is 77.0 Å². The zero-order valence-corrected chi connectivity index (χ0v) is 13.2. The Morgan fingerprint density at radius 1 is 1.41 bits per heavy atom. The molecule has 22 heavy (non-hydrogen) atoms. The standard InChI is InChI=1S/C15H21N5O2/c1-4-7-20-11(3)12(9-16-20)15(21)19-8-5-6-13(19)14-10(2)17-22-18-14/h9,13H,4-8H2,1-3H3/t13-/m0/s1. The van der Waals surface area contributed by atoms with E-state index < -0.39 is 0 Å². The first kappa shape index (κ1) is 14.7. The van der Waals surface area contributed by atoms with Crippen molar-refractivity contribution in [1.29, 1.82) is 0 Å². The van der Waals surface area contributed by atoms with Crippen LogP contribution in [0.15, 0.2) is 10.8 Å². The summed E-state index contributed by atoms with van der Waals surface area (Å²) in [6, 6.07) is -0.0484. The second-order valence-electron chi connectivity index (χ2n) is 5.76. The molecule has 7 heteroatoms. The first-order valence-corrected chi connectivity index (χ1v) is 7.76. The Labute approximate surface area is 129 Å². The lowest BCUT2D eigenvalue weighted by atomic mass is 10.1. The zero-order valence-electron chi connectivity index (χ0n) is 13.2. The molecule has 2 aromatic heterocycles. The van der Waals surface area contributed by atoms with Gasteiger partial charge in [0.25, 0.3) is 5.91 Å². The van der Waals surface area contributed by atoms with E-state index in [0.717, 1.165) is 49.4 Å². The van der Waals surface area contributed by atoms with Crippen molar-refractivity contribution in [3.8, 4) is 0 Å². The van der Waals surface area contributed by atoms with Crippen LogP contribution in [0.4, 0.5) is 0 Å². The van der Waals surface area contributed by atoms with Crippen LogP contribution in [-0.4, -0.2) is 37.4 Å². The fourth-order valence-corrected chi connectivity index (χ4v) is 3.08. The maximum atomic E-state index is 12.9. The molecule has 0 unspecified atom stereocenters. The molecule has 1 aliphatic rings. The van der Waals surface area contributed by atoms with Crippen molar-refractivity contribution < 1.29 is 9.42 Å². The SMILES string of the molecule is CCCn1ncc(C(=O)N2CCC[C@H]2c2nonc2C)c1C. The molecule has 118 valence electrons. The number of hydrogen-bond donors (Lipinski definition) is 0. The summed E-state index contributed by atoms with van der Waals surface area (Å²) >= 11 is 0. The van der Waals surface area contributed by atoms with Gasteiger partial charge in [0, 0.05) is 18.8 Å². The summed E-state index contributed by atoms with van der Waals surface area (Å²) in [5, 5.41) is 12.1. The lowest BCUT2D eigenvalue weighted by Gasteiger charge is -2.23. The predicted molar refractivity (Wildman–Crippen MR) is 79.3 cm³/mol. The number of likely N-dealkylation sites (tertiary alicyclic amines) is 1. The maximum Gasteiger partial charge on any atom is 0.257 e. The van der Waals surface area contributed by atoms with Crippen molar-refractivity contribution in [2.75, 3.05) is 6.54 Å². The second-order valence-corrected chi connectivity index (χ2v) is 5.76. The van der Waals surface area contributed by atoms with Crippen molar-refractivity contribution in [3.63, 3.8) is 0 Å². The fourth-order valence-electron chi connectivity index (χ4n) is 3.08. The lowest BCUT2D eigenvalue weighted by molar-refractivity contribution is 0.0729. The number of aromatic nitrogens is 4. The van der Waals surface area contributed by atoms with Gasteiger partial charge in [-0.25, -0.2) is 4.63 Å². The molecule has 1 amide bonds. The number of nitrogens with zero attached hydrogens (tertiary/aromatic N) is 5. The van der Waals surface area contributed by atoms with Crippen molar-refractivity contribution >= 4 is 5.91 Å². The van der Waals surface area contributed by atoms with Gasteiger partial charge in [-0.2, -0.15) is 5.10 Å². The van der Waals surface area contributed by atoms with Gasteiger partial charge in [0.05, 0.1) is 17.8 Å². The van der Waals surface area contributed by atoms with Gasteiger partial charge < -0.3 is 4.90 Å². The van der Waals surface area contributed by atoms with Crippen LogP contribution in [0.1, 0.15) is 59.7 Å². The first-order valence-electron chi connectivity index (χ1n) is 7.76. The van der Waals surface area contributed by atoms with Gasteiger partial charge >= 0.3 is 0 Å². The fraction of sp³-hybridized carbons (Fsp3) is 0.600. The Hall–Kier alpha value is -2.18. The molecule has 3 rings (SSSR count). The molecule has 0 saturated carbocycles. The van der Waals surface area contributed by atoms with Gasteiger partial charge in [-0.1, -0.05) is 17.2 Å². The second kappa shape index (κ2) is 5.90. The summed E-state index contributed by atoms with van der Waals surface area (Å²) in [4.78, 5) is 14.8. The molecule has 0 aliphatic carbocycles. The van der Waals surface area contributed by atoms with Gasteiger partial charge in [0.1, 0.15) is 11.4 Å². The Morgan fingerprint density at radius 3 is 2.91 bits per heavy atom. The van der Waals surface area contributed by atoms with Crippen LogP contribution in [0.25, 0.3) is 0 Å².